The van der Waals surface area contributed by atoms with E-state index in [1.165, 1.54) is 22.2 Å². The van der Waals surface area contributed by atoms with E-state index in [0.717, 1.165) is 23.1 Å². The lowest BCUT2D eigenvalue weighted by molar-refractivity contribution is -0.118. The molecule has 30 heavy (non-hydrogen) atoms. The quantitative estimate of drug-likeness (QED) is 0.398. The van der Waals surface area contributed by atoms with Crippen molar-refractivity contribution < 1.29 is 4.79 Å². The van der Waals surface area contributed by atoms with Crippen LogP contribution in [0.2, 0.25) is 0 Å². The van der Waals surface area contributed by atoms with Crippen molar-refractivity contribution in [2.75, 3.05) is 12.3 Å². The highest BCUT2D eigenvalue weighted by Crippen LogP contribution is 2.24. The van der Waals surface area contributed by atoms with Crippen molar-refractivity contribution in [3.05, 3.63) is 94.4 Å². The van der Waals surface area contributed by atoms with E-state index in [2.05, 4.69) is 39.1 Å². The molecule has 0 aliphatic heterocycles. The van der Waals surface area contributed by atoms with Crippen molar-refractivity contribution in [3.8, 4) is 5.69 Å². The summed E-state index contributed by atoms with van der Waals surface area (Å²) in [6.45, 7) is 0.623. The molecule has 0 unspecified atom stereocenters. The van der Waals surface area contributed by atoms with Crippen molar-refractivity contribution >= 4 is 29.0 Å². The highest BCUT2D eigenvalue weighted by atomic mass is 32.2. The number of aromatic nitrogens is 3. The van der Waals surface area contributed by atoms with Gasteiger partial charge in [0.1, 0.15) is 5.82 Å². The number of hydrogen-bond donors (Lipinski definition) is 1. The summed E-state index contributed by atoms with van der Waals surface area (Å²) in [5.41, 5.74) is 2.22. The van der Waals surface area contributed by atoms with Gasteiger partial charge in [-0.15, -0.1) is 21.5 Å². The van der Waals surface area contributed by atoms with Gasteiger partial charge >= 0.3 is 0 Å². The summed E-state index contributed by atoms with van der Waals surface area (Å²) in [7, 11) is 0. The van der Waals surface area contributed by atoms with E-state index in [1.807, 2.05) is 59.2 Å². The van der Waals surface area contributed by atoms with Gasteiger partial charge in [-0.3, -0.25) is 9.36 Å². The number of hydrogen-bond acceptors (Lipinski definition) is 5. The van der Waals surface area contributed by atoms with Crippen molar-refractivity contribution in [3.63, 3.8) is 0 Å². The van der Waals surface area contributed by atoms with Crippen LogP contribution in [0.5, 0.6) is 0 Å². The van der Waals surface area contributed by atoms with Gasteiger partial charge in [-0.05, 0) is 35.6 Å². The Balaban J connectivity index is 1.40. The summed E-state index contributed by atoms with van der Waals surface area (Å²) in [4.78, 5) is 13.6. The molecule has 1 N–H and O–H groups in total. The molecule has 2 aromatic carbocycles. The van der Waals surface area contributed by atoms with E-state index in [1.54, 1.807) is 11.3 Å². The number of para-hydroxylation sites is 1. The summed E-state index contributed by atoms with van der Waals surface area (Å²) >= 11 is 3.11. The predicted octanol–water partition coefficient (Wildman–Crippen LogP) is 4.37. The van der Waals surface area contributed by atoms with Crippen LogP contribution >= 0.6 is 23.1 Å². The predicted molar refractivity (Wildman–Crippen MR) is 122 cm³/mol. The fourth-order valence-corrected chi connectivity index (χ4v) is 4.59. The molecule has 7 heteroatoms. The van der Waals surface area contributed by atoms with Gasteiger partial charge < -0.3 is 5.32 Å². The minimum atomic E-state index is -0.00153. The summed E-state index contributed by atoms with van der Waals surface area (Å²) in [5, 5.41) is 14.6. The molecule has 4 rings (SSSR count). The van der Waals surface area contributed by atoms with Crippen molar-refractivity contribution in [1.82, 2.24) is 20.1 Å². The van der Waals surface area contributed by atoms with Gasteiger partial charge in [0.15, 0.2) is 5.16 Å². The van der Waals surface area contributed by atoms with Crippen LogP contribution in [0.4, 0.5) is 0 Å². The molecule has 0 atom stereocenters. The van der Waals surface area contributed by atoms with Crippen LogP contribution in [0.15, 0.2) is 83.3 Å². The maximum Gasteiger partial charge on any atom is 0.230 e. The molecule has 0 aliphatic rings. The highest BCUT2D eigenvalue weighted by molar-refractivity contribution is 7.99. The van der Waals surface area contributed by atoms with Crippen molar-refractivity contribution in [2.24, 2.45) is 0 Å². The number of benzene rings is 2. The summed E-state index contributed by atoms with van der Waals surface area (Å²) < 4.78 is 2.04. The molecular formula is C23H22N4OS2. The van der Waals surface area contributed by atoms with Crippen LogP contribution in [0.3, 0.4) is 0 Å². The molecule has 5 nitrogen and oxygen atoms in total. The van der Waals surface area contributed by atoms with Crippen LogP contribution < -0.4 is 5.32 Å². The van der Waals surface area contributed by atoms with Gasteiger partial charge in [-0.25, -0.2) is 0 Å². The lowest BCUT2D eigenvalue weighted by Crippen LogP contribution is -2.27. The second-order valence-corrected chi connectivity index (χ2v) is 8.67. The molecule has 1 amide bonds. The van der Waals surface area contributed by atoms with E-state index in [-0.39, 0.29) is 5.91 Å². The van der Waals surface area contributed by atoms with Crippen LogP contribution in [0.25, 0.3) is 5.69 Å². The maximum absolute atomic E-state index is 12.3. The molecule has 152 valence electrons. The number of nitrogens with one attached hydrogen (secondary N) is 1. The molecular weight excluding hydrogens is 412 g/mol. The Labute approximate surface area is 184 Å². The third-order valence-corrected chi connectivity index (χ3v) is 6.34. The van der Waals surface area contributed by atoms with Gasteiger partial charge in [0.05, 0.1) is 5.75 Å². The van der Waals surface area contributed by atoms with E-state index in [0.29, 0.717) is 18.7 Å². The Hall–Kier alpha value is -2.90. The van der Waals surface area contributed by atoms with Crippen molar-refractivity contribution in [1.29, 1.82) is 0 Å². The Morgan fingerprint density at radius 1 is 0.967 bits per heavy atom. The minimum Gasteiger partial charge on any atom is -0.355 e. The first kappa shape index (κ1) is 20.4. The number of thioether (sulfide) groups is 1. The van der Waals surface area contributed by atoms with E-state index >= 15 is 0 Å². The molecule has 4 aromatic rings. The average Bonchev–Trinajstić information content (AvgIpc) is 3.44. The van der Waals surface area contributed by atoms with E-state index in [4.69, 9.17) is 0 Å². The fraction of sp³-hybridized carbons (Fsp3) is 0.174. The second-order valence-electron chi connectivity index (χ2n) is 6.70. The van der Waals surface area contributed by atoms with Crippen molar-refractivity contribution in [2.45, 2.75) is 18.0 Å². The second kappa shape index (κ2) is 10.2. The Bertz CT molecular complexity index is 1060. The third kappa shape index (κ3) is 5.37. The van der Waals surface area contributed by atoms with Gasteiger partial charge in [0.25, 0.3) is 0 Å². The van der Waals surface area contributed by atoms with Gasteiger partial charge in [0.2, 0.25) is 5.91 Å². The number of rotatable bonds is 9. The fourth-order valence-electron chi connectivity index (χ4n) is 3.09. The molecule has 0 spiro atoms. The number of nitrogens with zero attached hydrogens (tertiary/aromatic N) is 3. The first-order valence-corrected chi connectivity index (χ1v) is 11.6. The zero-order chi connectivity index (χ0) is 20.6. The summed E-state index contributed by atoms with van der Waals surface area (Å²) in [5.74, 6) is 1.17. The van der Waals surface area contributed by atoms with Crippen LogP contribution in [0.1, 0.15) is 16.3 Å². The molecule has 2 aromatic heterocycles. The lowest BCUT2D eigenvalue weighted by Gasteiger charge is -2.10. The molecule has 2 heterocycles. The van der Waals surface area contributed by atoms with Gasteiger partial charge in [-0.2, -0.15) is 0 Å². The molecule has 0 radical (unpaired) electrons. The smallest absolute Gasteiger partial charge is 0.230 e. The van der Waals surface area contributed by atoms with Crippen LogP contribution in [-0.2, 0) is 17.6 Å². The zero-order valence-electron chi connectivity index (χ0n) is 16.4. The lowest BCUT2D eigenvalue weighted by atomic mass is 10.1. The van der Waals surface area contributed by atoms with E-state index in [9.17, 15) is 4.79 Å². The largest absolute Gasteiger partial charge is 0.355 e. The Morgan fingerprint density at radius 3 is 2.47 bits per heavy atom. The maximum atomic E-state index is 12.3. The van der Waals surface area contributed by atoms with Gasteiger partial charge in [0, 0.05) is 23.5 Å². The number of carbonyl (C=O) groups is 1. The average molecular weight is 435 g/mol. The molecule has 0 aliphatic carbocycles. The minimum absolute atomic E-state index is 0.00153. The van der Waals surface area contributed by atoms with Gasteiger partial charge in [-0.1, -0.05) is 66.4 Å². The normalized spacial score (nSPS) is 10.8. The van der Waals surface area contributed by atoms with E-state index < -0.39 is 0 Å². The zero-order valence-corrected chi connectivity index (χ0v) is 18.0. The SMILES string of the molecule is O=C(CSc1nnc(Cc2cccs2)n1-c1ccccc1)NCCc1ccccc1. The molecule has 0 bridgehead atoms. The molecule has 0 fully saturated rings. The first-order chi connectivity index (χ1) is 14.8. The highest BCUT2D eigenvalue weighted by Gasteiger charge is 2.16. The monoisotopic (exact) mass is 434 g/mol. The topological polar surface area (TPSA) is 59.8 Å². The third-order valence-electron chi connectivity index (χ3n) is 4.54. The number of carbonyl (C=O) groups excluding carboxylic acids is 1. The number of amides is 1. The summed E-state index contributed by atoms with van der Waals surface area (Å²) in [6.07, 6.45) is 1.53. The summed E-state index contributed by atoms with van der Waals surface area (Å²) in [6, 6.07) is 24.3. The standard InChI is InChI=1S/C23H22N4OS2/c28-22(24-14-13-18-8-3-1-4-9-18)17-30-23-26-25-21(16-20-12-7-15-29-20)27(23)19-10-5-2-6-11-19/h1-12,15H,13-14,16-17H2,(H,24,28). The van der Waals surface area contributed by atoms with Crippen LogP contribution in [-0.4, -0.2) is 33.0 Å². The van der Waals surface area contributed by atoms with Crippen LogP contribution in [0, 0.1) is 0 Å². The Kier molecular flexibility index (Phi) is 6.95. The molecule has 0 saturated carbocycles. The molecule has 0 saturated heterocycles. The first-order valence-electron chi connectivity index (χ1n) is 9.75. The Morgan fingerprint density at radius 2 is 1.73 bits per heavy atom. The number of thiophene rings is 1.